The minimum Gasteiger partial charge on any atom is -0.464 e. The summed E-state index contributed by atoms with van der Waals surface area (Å²) in [6.07, 6.45) is -0.792. The number of nitriles is 1. The maximum Gasteiger partial charge on any atom is 0.417 e. The fourth-order valence-corrected chi connectivity index (χ4v) is 3.02. The van der Waals surface area contributed by atoms with Crippen molar-refractivity contribution in [2.75, 3.05) is 11.5 Å². The van der Waals surface area contributed by atoms with Crippen LogP contribution in [0.3, 0.4) is 0 Å². The van der Waals surface area contributed by atoms with Crippen LogP contribution in [-0.4, -0.2) is 32.9 Å². The zero-order valence-electron chi connectivity index (χ0n) is 15.3. The fraction of sp³-hybridized carbons (Fsp3) is 0.333. The van der Waals surface area contributed by atoms with Gasteiger partial charge in [0.1, 0.15) is 23.4 Å². The first-order chi connectivity index (χ1) is 13.0. The van der Waals surface area contributed by atoms with E-state index in [0.717, 1.165) is 6.33 Å². The summed E-state index contributed by atoms with van der Waals surface area (Å²) in [7, 11) is 0. The van der Waals surface area contributed by atoms with E-state index in [4.69, 9.17) is 11.6 Å². The van der Waals surface area contributed by atoms with E-state index in [-0.39, 0.29) is 28.5 Å². The van der Waals surface area contributed by atoms with Gasteiger partial charge in [0, 0.05) is 30.2 Å². The van der Waals surface area contributed by atoms with Crippen LogP contribution >= 0.6 is 11.6 Å². The molecule has 0 bridgehead atoms. The minimum absolute atomic E-state index is 0.0514. The third-order valence-electron chi connectivity index (χ3n) is 3.93. The van der Waals surface area contributed by atoms with Crippen molar-refractivity contribution in [3.8, 4) is 6.07 Å². The quantitative estimate of drug-likeness (QED) is 0.739. The van der Waals surface area contributed by atoms with Crippen molar-refractivity contribution < 1.29 is 23.8 Å². The smallest absolute Gasteiger partial charge is 0.417 e. The standard InChI is InChI=1S/C18H17ClF2N4O3/c1-18(2,3)13-10(7-22)11(20)6-12(14(13)21)25(17(27)28)16-9(4-5-26)15(19)23-8-24-16/h6,8,26H,4-5H2,1-3H3,(H,27,28). The highest BCUT2D eigenvalue weighted by molar-refractivity contribution is 6.30. The Balaban J connectivity index is 2.88. The van der Waals surface area contributed by atoms with Gasteiger partial charge in [-0.3, -0.25) is 0 Å². The Morgan fingerprint density at radius 2 is 2.00 bits per heavy atom. The Hall–Kier alpha value is -2.83. The lowest BCUT2D eigenvalue weighted by molar-refractivity contribution is 0.204. The van der Waals surface area contributed by atoms with Gasteiger partial charge in [0.15, 0.2) is 11.6 Å². The Morgan fingerprint density at radius 1 is 1.36 bits per heavy atom. The summed E-state index contributed by atoms with van der Waals surface area (Å²) < 4.78 is 29.9. The van der Waals surface area contributed by atoms with E-state index in [0.29, 0.717) is 11.0 Å². The van der Waals surface area contributed by atoms with Gasteiger partial charge in [-0.15, -0.1) is 0 Å². The molecule has 1 amide bonds. The first kappa shape index (κ1) is 21.5. The number of hydrogen-bond donors (Lipinski definition) is 2. The minimum atomic E-state index is -1.66. The van der Waals surface area contributed by atoms with Gasteiger partial charge < -0.3 is 10.2 Å². The molecule has 10 heteroatoms. The summed E-state index contributed by atoms with van der Waals surface area (Å²) in [5, 5.41) is 28.0. The summed E-state index contributed by atoms with van der Waals surface area (Å²) in [5.74, 6) is -2.46. The molecule has 7 nitrogen and oxygen atoms in total. The number of benzene rings is 1. The van der Waals surface area contributed by atoms with Crippen LogP contribution in [-0.2, 0) is 11.8 Å². The Labute approximate surface area is 164 Å². The molecule has 0 aliphatic carbocycles. The highest BCUT2D eigenvalue weighted by atomic mass is 35.5. The summed E-state index contributed by atoms with van der Waals surface area (Å²) in [4.78, 5) is 20.0. The van der Waals surface area contributed by atoms with Gasteiger partial charge >= 0.3 is 6.09 Å². The van der Waals surface area contributed by atoms with Crippen LogP contribution in [0.25, 0.3) is 0 Å². The Morgan fingerprint density at radius 3 is 2.50 bits per heavy atom. The number of nitrogens with zero attached hydrogens (tertiary/aromatic N) is 4. The molecule has 0 radical (unpaired) electrons. The molecule has 1 heterocycles. The van der Waals surface area contributed by atoms with Crippen molar-refractivity contribution in [2.45, 2.75) is 32.6 Å². The first-order valence-corrected chi connectivity index (χ1v) is 8.48. The number of rotatable bonds is 4. The molecule has 0 saturated heterocycles. The number of amides is 1. The van der Waals surface area contributed by atoms with Gasteiger partial charge in [0.2, 0.25) is 0 Å². The molecule has 0 saturated carbocycles. The molecule has 1 aromatic heterocycles. The van der Waals surface area contributed by atoms with Gasteiger partial charge in [-0.2, -0.15) is 5.26 Å². The Kier molecular flexibility index (Phi) is 6.17. The van der Waals surface area contributed by atoms with E-state index in [2.05, 4.69) is 9.97 Å². The molecular formula is C18H17ClF2N4O3. The van der Waals surface area contributed by atoms with Gasteiger partial charge in [-0.25, -0.2) is 28.4 Å². The van der Waals surface area contributed by atoms with Crippen molar-refractivity contribution >= 4 is 29.2 Å². The third kappa shape index (κ3) is 3.88. The molecule has 0 atom stereocenters. The molecule has 0 aliphatic rings. The predicted octanol–water partition coefficient (Wildman–Crippen LogP) is 3.93. The van der Waals surface area contributed by atoms with Crippen LogP contribution in [0.2, 0.25) is 5.15 Å². The average molecular weight is 411 g/mol. The summed E-state index contributed by atoms with van der Waals surface area (Å²) in [6.45, 7) is 4.31. The van der Waals surface area contributed by atoms with E-state index in [1.165, 1.54) is 0 Å². The number of aliphatic hydroxyl groups is 1. The molecule has 148 valence electrons. The maximum atomic E-state index is 15.4. The molecule has 0 unspecified atom stereocenters. The zero-order chi connectivity index (χ0) is 21.2. The highest BCUT2D eigenvalue weighted by Crippen LogP contribution is 2.39. The summed E-state index contributed by atoms with van der Waals surface area (Å²) in [6, 6.07) is 2.25. The molecule has 0 aliphatic heterocycles. The average Bonchev–Trinajstić information content (AvgIpc) is 2.59. The first-order valence-electron chi connectivity index (χ1n) is 8.10. The lowest BCUT2D eigenvalue weighted by Gasteiger charge is -2.27. The zero-order valence-corrected chi connectivity index (χ0v) is 16.1. The molecule has 1 aromatic carbocycles. The topological polar surface area (TPSA) is 110 Å². The number of aromatic nitrogens is 2. The number of halogens is 3. The van der Waals surface area contributed by atoms with Gasteiger partial charge in [0.25, 0.3) is 0 Å². The number of carbonyl (C=O) groups is 1. The lowest BCUT2D eigenvalue weighted by atomic mass is 9.83. The summed E-state index contributed by atoms with van der Waals surface area (Å²) >= 11 is 5.97. The van der Waals surface area contributed by atoms with Gasteiger partial charge in [-0.05, 0) is 5.41 Å². The fourth-order valence-electron chi connectivity index (χ4n) is 2.80. The molecule has 2 rings (SSSR count). The molecule has 2 N–H and O–H groups in total. The van der Waals surface area contributed by atoms with E-state index < -0.39 is 41.0 Å². The molecule has 0 fully saturated rings. The largest absolute Gasteiger partial charge is 0.464 e. The number of aliphatic hydroxyl groups excluding tert-OH is 1. The number of anilines is 2. The molecule has 28 heavy (non-hydrogen) atoms. The SMILES string of the molecule is CC(C)(C)c1c(F)c(N(C(=O)O)c2ncnc(Cl)c2CCO)cc(F)c1C#N. The second-order valence-electron chi connectivity index (χ2n) is 6.86. The number of hydrogen-bond acceptors (Lipinski definition) is 5. The summed E-state index contributed by atoms with van der Waals surface area (Å²) in [5.41, 5.74) is -2.36. The van der Waals surface area contributed by atoms with Gasteiger partial charge in [0.05, 0.1) is 11.3 Å². The van der Waals surface area contributed by atoms with Crippen molar-refractivity contribution in [1.82, 2.24) is 9.97 Å². The van der Waals surface area contributed by atoms with Gasteiger partial charge in [-0.1, -0.05) is 32.4 Å². The van der Waals surface area contributed by atoms with Crippen LogP contribution in [0.1, 0.15) is 37.5 Å². The highest BCUT2D eigenvalue weighted by Gasteiger charge is 2.33. The second-order valence-corrected chi connectivity index (χ2v) is 7.22. The second kappa shape index (κ2) is 8.04. The van der Waals surface area contributed by atoms with E-state index in [1.807, 2.05) is 0 Å². The van der Waals surface area contributed by atoms with Crippen LogP contribution in [0.15, 0.2) is 12.4 Å². The van der Waals surface area contributed by atoms with Crippen LogP contribution < -0.4 is 4.90 Å². The van der Waals surface area contributed by atoms with E-state index in [1.54, 1.807) is 26.8 Å². The van der Waals surface area contributed by atoms with E-state index >= 15 is 4.39 Å². The van der Waals surface area contributed by atoms with Crippen LogP contribution in [0.5, 0.6) is 0 Å². The lowest BCUT2D eigenvalue weighted by Crippen LogP contribution is -2.29. The third-order valence-corrected chi connectivity index (χ3v) is 4.26. The molecule has 2 aromatic rings. The number of carboxylic acid groups (broad SMARTS) is 1. The predicted molar refractivity (Wildman–Crippen MR) is 97.8 cm³/mol. The monoisotopic (exact) mass is 410 g/mol. The molecular weight excluding hydrogens is 394 g/mol. The van der Waals surface area contributed by atoms with E-state index in [9.17, 15) is 24.7 Å². The molecule has 0 spiro atoms. The maximum absolute atomic E-state index is 15.4. The van der Waals surface area contributed by atoms with Crippen molar-refractivity contribution in [3.05, 3.63) is 45.9 Å². The normalized spacial score (nSPS) is 11.2. The van der Waals surface area contributed by atoms with Crippen molar-refractivity contribution in [1.29, 1.82) is 5.26 Å². The van der Waals surface area contributed by atoms with Crippen molar-refractivity contribution in [3.63, 3.8) is 0 Å². The Bertz CT molecular complexity index is 971. The van der Waals surface area contributed by atoms with Crippen molar-refractivity contribution in [2.24, 2.45) is 0 Å². The van der Waals surface area contributed by atoms with Crippen LogP contribution in [0.4, 0.5) is 25.1 Å². The van der Waals surface area contributed by atoms with Crippen LogP contribution in [0, 0.1) is 23.0 Å².